The number of carbonyl (C=O) groups is 1. The number of carbonyl (C=O) groups excluding carboxylic acids is 1. The molecule has 0 aliphatic heterocycles. The molecule has 0 aliphatic rings. The molecule has 19 heavy (non-hydrogen) atoms. The molecule has 1 unspecified atom stereocenters. The number of amides is 1. The highest BCUT2D eigenvalue weighted by molar-refractivity contribution is 6.28. The Hall–Kier alpha value is -1.63. The summed E-state index contributed by atoms with van der Waals surface area (Å²) >= 11 is 5.82. The zero-order valence-electron chi connectivity index (χ0n) is 11.6. The molecule has 1 amide bonds. The van der Waals surface area contributed by atoms with E-state index in [9.17, 15) is 4.79 Å². The Labute approximate surface area is 117 Å². The van der Waals surface area contributed by atoms with Gasteiger partial charge in [-0.2, -0.15) is 15.0 Å². The van der Waals surface area contributed by atoms with E-state index in [0.717, 1.165) is 13.0 Å². The van der Waals surface area contributed by atoms with Gasteiger partial charge in [0.2, 0.25) is 23.1 Å². The Kier molecular flexibility index (Phi) is 5.75. The summed E-state index contributed by atoms with van der Waals surface area (Å²) in [5.41, 5.74) is 0. The number of hydrogen-bond acceptors (Lipinski definition) is 6. The number of likely N-dealkylation sites (N-methyl/N-ethyl adjacent to an activating group) is 1. The molecule has 1 atom stereocenters. The highest BCUT2D eigenvalue weighted by Crippen LogP contribution is 2.10. The number of anilines is 2. The molecular formula is C11H19ClN6O. The highest BCUT2D eigenvalue weighted by Gasteiger charge is 2.16. The van der Waals surface area contributed by atoms with Crippen LogP contribution in [-0.2, 0) is 4.79 Å². The van der Waals surface area contributed by atoms with Gasteiger partial charge in [-0.25, -0.2) is 0 Å². The Bertz CT molecular complexity index is 439. The van der Waals surface area contributed by atoms with Crippen LogP contribution in [0.1, 0.15) is 20.3 Å². The predicted octanol–water partition coefficient (Wildman–Crippen LogP) is 1.24. The molecule has 0 spiro atoms. The summed E-state index contributed by atoms with van der Waals surface area (Å²) in [7, 11) is 3.38. The summed E-state index contributed by atoms with van der Waals surface area (Å²) in [4.78, 5) is 25.3. The maximum absolute atomic E-state index is 11.7. The molecule has 106 valence electrons. The van der Waals surface area contributed by atoms with Gasteiger partial charge < -0.3 is 15.5 Å². The van der Waals surface area contributed by atoms with Crippen molar-refractivity contribution in [2.45, 2.75) is 26.3 Å². The summed E-state index contributed by atoms with van der Waals surface area (Å²) in [5.74, 6) is 0.606. The number of halogens is 1. The van der Waals surface area contributed by atoms with Gasteiger partial charge in [-0.3, -0.25) is 4.79 Å². The van der Waals surface area contributed by atoms with Gasteiger partial charge in [0.15, 0.2) is 0 Å². The van der Waals surface area contributed by atoms with Gasteiger partial charge in [0, 0.05) is 20.6 Å². The molecule has 1 aromatic heterocycles. The average Bonchev–Trinajstić information content (AvgIpc) is 2.34. The first-order valence-corrected chi connectivity index (χ1v) is 6.45. The summed E-state index contributed by atoms with van der Waals surface area (Å²) in [6.07, 6.45) is 0.946. The van der Waals surface area contributed by atoms with E-state index in [4.69, 9.17) is 11.6 Å². The molecule has 1 rings (SSSR count). The number of nitrogens with zero attached hydrogens (tertiary/aromatic N) is 4. The number of rotatable bonds is 6. The minimum Gasteiger partial charge on any atom is -0.354 e. The van der Waals surface area contributed by atoms with Crippen LogP contribution >= 0.6 is 11.6 Å². The highest BCUT2D eigenvalue weighted by atomic mass is 35.5. The van der Waals surface area contributed by atoms with Crippen molar-refractivity contribution in [2.24, 2.45) is 0 Å². The van der Waals surface area contributed by atoms with Crippen LogP contribution in [-0.4, -0.2) is 52.4 Å². The molecule has 0 aliphatic carbocycles. The van der Waals surface area contributed by atoms with Gasteiger partial charge in [-0.1, -0.05) is 6.92 Å². The zero-order valence-corrected chi connectivity index (χ0v) is 12.3. The van der Waals surface area contributed by atoms with Gasteiger partial charge in [0.25, 0.3) is 0 Å². The second kappa shape index (κ2) is 7.08. The SMILES string of the molecule is CCCNc1nc(Cl)nc(NC(C)C(=O)N(C)C)n1. The van der Waals surface area contributed by atoms with Gasteiger partial charge in [-0.15, -0.1) is 0 Å². The largest absolute Gasteiger partial charge is 0.354 e. The molecule has 0 aromatic carbocycles. The van der Waals surface area contributed by atoms with Crippen LogP contribution in [0.4, 0.5) is 11.9 Å². The van der Waals surface area contributed by atoms with E-state index in [0.29, 0.717) is 5.95 Å². The van der Waals surface area contributed by atoms with Gasteiger partial charge in [0.1, 0.15) is 6.04 Å². The Morgan fingerprint density at radius 1 is 1.32 bits per heavy atom. The summed E-state index contributed by atoms with van der Waals surface area (Å²) in [5, 5.41) is 6.01. The fourth-order valence-electron chi connectivity index (χ4n) is 1.37. The van der Waals surface area contributed by atoms with Crippen molar-refractivity contribution >= 4 is 29.4 Å². The number of hydrogen-bond donors (Lipinski definition) is 2. The first kappa shape index (κ1) is 15.4. The Balaban J connectivity index is 2.77. The van der Waals surface area contributed by atoms with Crippen LogP contribution in [0.2, 0.25) is 5.28 Å². The van der Waals surface area contributed by atoms with Crippen molar-refractivity contribution in [1.82, 2.24) is 19.9 Å². The Morgan fingerprint density at radius 3 is 2.53 bits per heavy atom. The van der Waals surface area contributed by atoms with E-state index in [1.165, 1.54) is 4.90 Å². The first-order chi connectivity index (χ1) is 8.93. The van der Waals surface area contributed by atoms with Crippen molar-refractivity contribution < 1.29 is 4.79 Å². The lowest BCUT2D eigenvalue weighted by Gasteiger charge is -2.18. The van der Waals surface area contributed by atoms with Crippen LogP contribution in [0.25, 0.3) is 0 Å². The quantitative estimate of drug-likeness (QED) is 0.818. The van der Waals surface area contributed by atoms with E-state index in [2.05, 4.69) is 25.6 Å². The van der Waals surface area contributed by atoms with Crippen LogP contribution in [0.15, 0.2) is 0 Å². The molecule has 0 radical (unpaired) electrons. The maximum Gasteiger partial charge on any atom is 0.244 e. The molecule has 1 aromatic rings. The summed E-state index contributed by atoms with van der Waals surface area (Å²) in [6.45, 7) is 4.51. The van der Waals surface area contributed by atoms with Crippen molar-refractivity contribution in [3.63, 3.8) is 0 Å². The molecule has 8 heteroatoms. The van der Waals surface area contributed by atoms with Crippen LogP contribution in [0, 0.1) is 0 Å². The lowest BCUT2D eigenvalue weighted by Crippen LogP contribution is -2.37. The molecule has 1 heterocycles. The third kappa shape index (κ3) is 4.86. The van der Waals surface area contributed by atoms with Crippen molar-refractivity contribution in [3.05, 3.63) is 5.28 Å². The second-order valence-corrected chi connectivity index (χ2v) is 4.62. The molecule has 0 bridgehead atoms. The zero-order chi connectivity index (χ0) is 14.4. The monoisotopic (exact) mass is 286 g/mol. The topological polar surface area (TPSA) is 83.0 Å². The van der Waals surface area contributed by atoms with Gasteiger partial charge in [0.05, 0.1) is 0 Å². The summed E-state index contributed by atoms with van der Waals surface area (Å²) in [6, 6.07) is -0.438. The standard InChI is InChI=1S/C11H19ClN6O/c1-5-6-13-10-15-9(12)16-11(17-10)14-7(2)8(19)18(3)4/h7H,5-6H2,1-4H3,(H2,13,14,15,16,17). The minimum absolute atomic E-state index is 0.0698. The third-order valence-corrected chi connectivity index (χ3v) is 2.47. The van der Waals surface area contributed by atoms with E-state index >= 15 is 0 Å². The lowest BCUT2D eigenvalue weighted by atomic mass is 10.3. The summed E-state index contributed by atoms with van der Waals surface area (Å²) < 4.78 is 0. The lowest BCUT2D eigenvalue weighted by molar-refractivity contribution is -0.129. The predicted molar refractivity (Wildman–Crippen MR) is 75.4 cm³/mol. The second-order valence-electron chi connectivity index (χ2n) is 4.28. The smallest absolute Gasteiger partial charge is 0.244 e. The van der Waals surface area contributed by atoms with Gasteiger partial charge in [-0.05, 0) is 24.9 Å². The minimum atomic E-state index is -0.438. The van der Waals surface area contributed by atoms with Crippen molar-refractivity contribution in [1.29, 1.82) is 0 Å². The fraction of sp³-hybridized carbons (Fsp3) is 0.636. The molecular weight excluding hydrogens is 268 g/mol. The van der Waals surface area contributed by atoms with Crippen molar-refractivity contribution in [3.8, 4) is 0 Å². The van der Waals surface area contributed by atoms with E-state index in [1.54, 1.807) is 21.0 Å². The van der Waals surface area contributed by atoms with Crippen LogP contribution in [0.5, 0.6) is 0 Å². The number of nitrogens with one attached hydrogen (secondary N) is 2. The average molecular weight is 287 g/mol. The molecule has 0 fully saturated rings. The molecule has 7 nitrogen and oxygen atoms in total. The third-order valence-electron chi connectivity index (χ3n) is 2.30. The maximum atomic E-state index is 11.7. The molecule has 0 saturated heterocycles. The van der Waals surface area contributed by atoms with Gasteiger partial charge >= 0.3 is 0 Å². The van der Waals surface area contributed by atoms with E-state index < -0.39 is 6.04 Å². The van der Waals surface area contributed by atoms with E-state index in [1.807, 2.05) is 6.92 Å². The normalized spacial score (nSPS) is 11.8. The molecule has 0 saturated carbocycles. The molecule has 2 N–H and O–H groups in total. The van der Waals surface area contributed by atoms with E-state index in [-0.39, 0.29) is 17.1 Å². The fourth-order valence-corrected chi connectivity index (χ4v) is 1.53. The Morgan fingerprint density at radius 2 is 1.95 bits per heavy atom. The van der Waals surface area contributed by atoms with Crippen LogP contribution in [0.3, 0.4) is 0 Å². The first-order valence-electron chi connectivity index (χ1n) is 6.07. The van der Waals surface area contributed by atoms with Crippen molar-refractivity contribution in [2.75, 3.05) is 31.3 Å². The number of aromatic nitrogens is 3. The van der Waals surface area contributed by atoms with Crippen LogP contribution < -0.4 is 10.6 Å².